The van der Waals surface area contributed by atoms with E-state index in [1.54, 1.807) is 18.3 Å². The standard InChI is InChI=1S/C20H22FN7/c1-14-6-7-23-17(12-14)26-19-18(22)20(25-13-24-19)28-10-8-27(9-11-28)16-5-3-2-4-15(16)21/h2-7,12-13H,8-11,22H2,1H3,(H,23,24,25,26). The highest BCUT2D eigenvalue weighted by Crippen LogP contribution is 2.29. The maximum absolute atomic E-state index is 14.0. The van der Waals surface area contributed by atoms with E-state index in [1.807, 2.05) is 30.0 Å². The first-order valence-electron chi connectivity index (χ1n) is 9.16. The molecule has 0 saturated carbocycles. The van der Waals surface area contributed by atoms with Gasteiger partial charge in [0.25, 0.3) is 0 Å². The van der Waals surface area contributed by atoms with Crippen molar-refractivity contribution in [3.63, 3.8) is 0 Å². The first kappa shape index (κ1) is 18.0. The van der Waals surface area contributed by atoms with Gasteiger partial charge in [-0.25, -0.2) is 19.3 Å². The highest BCUT2D eigenvalue weighted by molar-refractivity contribution is 5.77. The van der Waals surface area contributed by atoms with Crippen LogP contribution < -0.4 is 20.9 Å². The number of nitrogens with zero attached hydrogens (tertiary/aromatic N) is 5. The van der Waals surface area contributed by atoms with E-state index >= 15 is 0 Å². The van der Waals surface area contributed by atoms with Crippen LogP contribution in [0.3, 0.4) is 0 Å². The fraction of sp³-hybridized carbons (Fsp3) is 0.250. The van der Waals surface area contributed by atoms with Crippen LogP contribution in [0.1, 0.15) is 5.56 Å². The lowest BCUT2D eigenvalue weighted by Crippen LogP contribution is -2.47. The molecule has 1 fully saturated rings. The first-order valence-corrected chi connectivity index (χ1v) is 9.16. The van der Waals surface area contributed by atoms with Gasteiger partial charge in [0.15, 0.2) is 11.6 Å². The Balaban J connectivity index is 1.49. The third-order valence-corrected chi connectivity index (χ3v) is 4.80. The summed E-state index contributed by atoms with van der Waals surface area (Å²) in [6.07, 6.45) is 3.23. The molecule has 7 nitrogen and oxygen atoms in total. The van der Waals surface area contributed by atoms with Crippen LogP contribution in [0.15, 0.2) is 48.9 Å². The lowest BCUT2D eigenvalue weighted by molar-refractivity contribution is 0.596. The molecule has 3 N–H and O–H groups in total. The third-order valence-electron chi connectivity index (χ3n) is 4.80. The molecule has 144 valence electrons. The Labute approximate surface area is 163 Å². The fourth-order valence-electron chi connectivity index (χ4n) is 3.33. The molecule has 1 aliphatic rings. The molecular formula is C20H22FN7. The van der Waals surface area contributed by atoms with Gasteiger partial charge in [-0.3, -0.25) is 0 Å². The number of halogens is 1. The molecule has 0 unspecified atom stereocenters. The number of hydrogen-bond acceptors (Lipinski definition) is 7. The Morgan fingerprint density at radius 2 is 1.75 bits per heavy atom. The molecule has 0 radical (unpaired) electrons. The quantitative estimate of drug-likeness (QED) is 0.721. The normalized spacial score (nSPS) is 14.2. The topological polar surface area (TPSA) is 83.2 Å². The van der Waals surface area contributed by atoms with Crippen molar-refractivity contribution >= 4 is 28.8 Å². The molecule has 3 aromatic rings. The summed E-state index contributed by atoms with van der Waals surface area (Å²) in [6, 6.07) is 10.7. The summed E-state index contributed by atoms with van der Waals surface area (Å²) in [5, 5.41) is 3.16. The zero-order chi connectivity index (χ0) is 19.5. The van der Waals surface area contributed by atoms with E-state index < -0.39 is 0 Å². The van der Waals surface area contributed by atoms with Crippen molar-refractivity contribution in [2.24, 2.45) is 0 Å². The lowest BCUT2D eigenvalue weighted by atomic mass is 10.2. The lowest BCUT2D eigenvalue weighted by Gasteiger charge is -2.37. The van der Waals surface area contributed by atoms with Crippen molar-refractivity contribution in [1.82, 2.24) is 15.0 Å². The Kier molecular flexibility index (Phi) is 4.92. The first-order chi connectivity index (χ1) is 13.6. The van der Waals surface area contributed by atoms with Crippen LogP contribution in [0.5, 0.6) is 0 Å². The second kappa shape index (κ2) is 7.67. The number of pyridine rings is 1. The molecule has 3 heterocycles. The molecule has 28 heavy (non-hydrogen) atoms. The molecule has 1 aromatic carbocycles. The number of hydrogen-bond donors (Lipinski definition) is 2. The van der Waals surface area contributed by atoms with Gasteiger partial charge in [-0.05, 0) is 36.8 Å². The number of piperazine rings is 1. The van der Waals surface area contributed by atoms with Gasteiger partial charge in [0.1, 0.15) is 23.6 Å². The van der Waals surface area contributed by atoms with Gasteiger partial charge in [-0.1, -0.05) is 12.1 Å². The Morgan fingerprint density at radius 3 is 2.50 bits per heavy atom. The van der Waals surface area contributed by atoms with Crippen LogP contribution in [0.4, 0.5) is 33.2 Å². The number of aromatic nitrogens is 3. The van der Waals surface area contributed by atoms with E-state index in [0.29, 0.717) is 55.0 Å². The van der Waals surface area contributed by atoms with Crippen LogP contribution in [-0.4, -0.2) is 41.1 Å². The van der Waals surface area contributed by atoms with E-state index in [1.165, 1.54) is 12.4 Å². The molecule has 0 atom stereocenters. The molecule has 0 amide bonds. The maximum Gasteiger partial charge on any atom is 0.160 e. The highest BCUT2D eigenvalue weighted by Gasteiger charge is 2.22. The summed E-state index contributed by atoms with van der Waals surface area (Å²) < 4.78 is 14.0. The molecule has 4 rings (SSSR count). The van der Waals surface area contributed by atoms with Gasteiger partial charge >= 0.3 is 0 Å². The zero-order valence-corrected chi connectivity index (χ0v) is 15.6. The third kappa shape index (κ3) is 3.66. The molecule has 0 bridgehead atoms. The molecule has 1 saturated heterocycles. The van der Waals surface area contributed by atoms with Gasteiger partial charge in [0.2, 0.25) is 0 Å². The predicted molar refractivity (Wildman–Crippen MR) is 110 cm³/mol. The molecule has 0 spiro atoms. The molecule has 1 aliphatic heterocycles. The summed E-state index contributed by atoms with van der Waals surface area (Å²) in [7, 11) is 0. The molecule has 8 heteroatoms. The van der Waals surface area contributed by atoms with Crippen molar-refractivity contribution in [2.45, 2.75) is 6.92 Å². The summed E-state index contributed by atoms with van der Waals surface area (Å²) in [5.74, 6) is 1.69. The zero-order valence-electron chi connectivity index (χ0n) is 15.6. The summed E-state index contributed by atoms with van der Waals surface area (Å²) in [5.41, 5.74) is 8.54. The summed E-state index contributed by atoms with van der Waals surface area (Å²) in [4.78, 5) is 17.1. The van der Waals surface area contributed by atoms with E-state index in [9.17, 15) is 4.39 Å². The van der Waals surface area contributed by atoms with Crippen molar-refractivity contribution in [1.29, 1.82) is 0 Å². The summed E-state index contributed by atoms with van der Waals surface area (Å²) >= 11 is 0. The van der Waals surface area contributed by atoms with Gasteiger partial charge in [-0.2, -0.15) is 0 Å². The van der Waals surface area contributed by atoms with E-state index in [2.05, 4.69) is 25.2 Å². The van der Waals surface area contributed by atoms with Crippen LogP contribution in [0.25, 0.3) is 0 Å². The minimum absolute atomic E-state index is 0.199. The number of nitrogens with one attached hydrogen (secondary N) is 1. The van der Waals surface area contributed by atoms with Gasteiger partial charge < -0.3 is 20.9 Å². The number of rotatable bonds is 4. The largest absolute Gasteiger partial charge is 0.393 e. The average Bonchev–Trinajstić information content (AvgIpc) is 2.70. The van der Waals surface area contributed by atoms with E-state index in [4.69, 9.17) is 5.73 Å². The van der Waals surface area contributed by atoms with Crippen molar-refractivity contribution < 1.29 is 4.39 Å². The van der Waals surface area contributed by atoms with Gasteiger partial charge in [-0.15, -0.1) is 0 Å². The van der Waals surface area contributed by atoms with Crippen LogP contribution >= 0.6 is 0 Å². The van der Waals surface area contributed by atoms with E-state index in [-0.39, 0.29) is 5.82 Å². The van der Waals surface area contributed by atoms with Gasteiger partial charge in [0.05, 0.1) is 5.69 Å². The van der Waals surface area contributed by atoms with Crippen molar-refractivity contribution in [2.75, 3.05) is 47.0 Å². The number of anilines is 5. The number of nitrogen functional groups attached to an aromatic ring is 1. The number of benzene rings is 1. The number of para-hydroxylation sites is 1. The minimum atomic E-state index is -0.199. The molecular weight excluding hydrogens is 357 g/mol. The average molecular weight is 379 g/mol. The Hall–Kier alpha value is -3.42. The van der Waals surface area contributed by atoms with Crippen LogP contribution in [-0.2, 0) is 0 Å². The smallest absolute Gasteiger partial charge is 0.160 e. The molecule has 0 aliphatic carbocycles. The Morgan fingerprint density at radius 1 is 1.00 bits per heavy atom. The van der Waals surface area contributed by atoms with Gasteiger partial charge in [0, 0.05) is 32.4 Å². The second-order valence-electron chi connectivity index (χ2n) is 6.73. The van der Waals surface area contributed by atoms with Crippen molar-refractivity contribution in [3.8, 4) is 0 Å². The fourth-order valence-corrected chi connectivity index (χ4v) is 3.33. The number of aryl methyl sites for hydroxylation is 1. The Bertz CT molecular complexity index is 970. The SMILES string of the molecule is Cc1ccnc(Nc2ncnc(N3CCN(c4ccccc4F)CC3)c2N)c1. The molecule has 2 aromatic heterocycles. The maximum atomic E-state index is 14.0. The van der Waals surface area contributed by atoms with Crippen LogP contribution in [0.2, 0.25) is 0 Å². The highest BCUT2D eigenvalue weighted by atomic mass is 19.1. The minimum Gasteiger partial charge on any atom is -0.393 e. The predicted octanol–water partition coefficient (Wildman–Crippen LogP) is 2.97. The van der Waals surface area contributed by atoms with Crippen LogP contribution in [0, 0.1) is 12.7 Å². The van der Waals surface area contributed by atoms with E-state index in [0.717, 1.165) is 5.56 Å². The monoisotopic (exact) mass is 379 g/mol. The summed E-state index contributed by atoms with van der Waals surface area (Å²) in [6.45, 7) is 4.76. The van der Waals surface area contributed by atoms with Crippen molar-refractivity contribution in [3.05, 3.63) is 60.3 Å². The number of nitrogens with two attached hydrogens (primary N) is 1. The second-order valence-corrected chi connectivity index (χ2v) is 6.73.